The molecule has 0 bridgehead atoms. The van der Waals surface area contributed by atoms with Gasteiger partial charge in [0.2, 0.25) is 0 Å². The molecule has 2 heterocycles. The molecule has 1 aromatic heterocycles. The van der Waals surface area contributed by atoms with E-state index in [0.29, 0.717) is 6.54 Å². The monoisotopic (exact) mass is 286 g/mol. The van der Waals surface area contributed by atoms with E-state index in [0.717, 1.165) is 18.4 Å². The van der Waals surface area contributed by atoms with E-state index in [9.17, 15) is 8.78 Å². The van der Waals surface area contributed by atoms with Crippen molar-refractivity contribution in [3.05, 3.63) is 29.6 Å². The van der Waals surface area contributed by atoms with E-state index >= 15 is 0 Å². The van der Waals surface area contributed by atoms with Gasteiger partial charge in [0.15, 0.2) is 0 Å². The Labute approximate surface area is 117 Å². The predicted molar refractivity (Wildman–Crippen MR) is 70.6 cm³/mol. The highest BCUT2D eigenvalue weighted by Gasteiger charge is 2.24. The van der Waals surface area contributed by atoms with Crippen molar-refractivity contribution < 1.29 is 18.6 Å². The zero-order valence-electron chi connectivity index (χ0n) is 11.4. The summed E-state index contributed by atoms with van der Waals surface area (Å²) in [4.78, 5) is 3.75. The van der Waals surface area contributed by atoms with Crippen molar-refractivity contribution in [2.75, 3.05) is 13.2 Å². The number of ether oxygens (including phenoxy) is 1. The van der Waals surface area contributed by atoms with Crippen LogP contribution in [0.5, 0.6) is 0 Å². The lowest BCUT2D eigenvalue weighted by atomic mass is 10.1. The van der Waals surface area contributed by atoms with Gasteiger partial charge in [-0.3, -0.25) is 4.98 Å². The summed E-state index contributed by atoms with van der Waals surface area (Å²) in [6, 6.07) is 3.04. The van der Waals surface area contributed by atoms with E-state index in [4.69, 9.17) is 9.84 Å². The molecule has 3 atom stereocenters. The first-order valence-electron chi connectivity index (χ1n) is 6.84. The Kier molecular flexibility index (Phi) is 5.39. The minimum absolute atomic E-state index is 0.0194. The Balaban J connectivity index is 1.81. The second-order valence-electron chi connectivity index (χ2n) is 5.09. The van der Waals surface area contributed by atoms with Gasteiger partial charge in [0, 0.05) is 18.8 Å². The normalized spacial score (nSPS) is 24.2. The summed E-state index contributed by atoms with van der Waals surface area (Å²) < 4.78 is 30.4. The first-order valence-corrected chi connectivity index (χ1v) is 6.84. The van der Waals surface area contributed by atoms with Crippen LogP contribution in [0.1, 0.15) is 43.5 Å². The average Bonchev–Trinajstić information content (AvgIpc) is 2.93. The lowest BCUT2D eigenvalue weighted by Gasteiger charge is -2.18. The Bertz CT molecular complexity index is 414. The maximum atomic E-state index is 12.4. The summed E-state index contributed by atoms with van der Waals surface area (Å²) in [7, 11) is 0. The van der Waals surface area contributed by atoms with Crippen molar-refractivity contribution >= 4 is 0 Å². The Morgan fingerprint density at radius 1 is 1.40 bits per heavy atom. The molecule has 2 N–H and O–H groups in total. The van der Waals surface area contributed by atoms with Crippen LogP contribution in [-0.4, -0.2) is 35.5 Å². The lowest BCUT2D eigenvalue weighted by molar-refractivity contribution is 0.0115. The molecule has 0 spiro atoms. The summed E-state index contributed by atoms with van der Waals surface area (Å²) in [5.74, 6) is 0. The third-order valence-corrected chi connectivity index (χ3v) is 3.58. The number of nitrogens with zero attached hydrogens (tertiary/aromatic N) is 1. The van der Waals surface area contributed by atoms with Crippen LogP contribution in [0.15, 0.2) is 18.3 Å². The summed E-state index contributed by atoms with van der Waals surface area (Å²) >= 11 is 0. The van der Waals surface area contributed by atoms with Crippen LogP contribution in [0.2, 0.25) is 0 Å². The quantitative estimate of drug-likeness (QED) is 0.842. The third-order valence-electron chi connectivity index (χ3n) is 3.58. The van der Waals surface area contributed by atoms with Crippen LogP contribution in [0.4, 0.5) is 8.78 Å². The third kappa shape index (κ3) is 3.94. The Hall–Kier alpha value is -1.11. The molecule has 0 saturated carbocycles. The summed E-state index contributed by atoms with van der Waals surface area (Å²) in [5, 5.41) is 12.3. The van der Waals surface area contributed by atoms with Crippen LogP contribution < -0.4 is 5.32 Å². The molecule has 1 aromatic rings. The Morgan fingerprint density at radius 2 is 2.15 bits per heavy atom. The van der Waals surface area contributed by atoms with Gasteiger partial charge in [-0.1, -0.05) is 6.07 Å². The highest BCUT2D eigenvalue weighted by molar-refractivity contribution is 5.17. The molecule has 0 amide bonds. The molecular weight excluding hydrogens is 266 g/mol. The standard InChI is InChI=1S/C14H20F2N2O2/c1-9(10-2-5-13(14(15)16)18-6-10)17-7-11-3-4-12(8-19)20-11/h2,5-6,9,11-12,14,17,19H,3-4,7-8H2,1H3/t9?,11-,12+/m1/s1. The van der Waals surface area contributed by atoms with Crippen LogP contribution in [0.25, 0.3) is 0 Å². The molecule has 4 nitrogen and oxygen atoms in total. The molecule has 1 aliphatic rings. The fraction of sp³-hybridized carbons (Fsp3) is 0.643. The number of pyridine rings is 1. The maximum Gasteiger partial charge on any atom is 0.280 e. The molecule has 6 heteroatoms. The SMILES string of the molecule is CC(NC[C@H]1CC[C@@H](CO)O1)c1ccc(C(F)F)nc1. The molecule has 1 unspecified atom stereocenters. The van der Waals surface area contributed by atoms with Gasteiger partial charge in [-0.2, -0.15) is 0 Å². The van der Waals surface area contributed by atoms with Gasteiger partial charge in [-0.15, -0.1) is 0 Å². The van der Waals surface area contributed by atoms with Crippen molar-refractivity contribution in [3.8, 4) is 0 Å². The van der Waals surface area contributed by atoms with Crippen molar-refractivity contribution in [3.63, 3.8) is 0 Å². The smallest absolute Gasteiger partial charge is 0.280 e. The highest BCUT2D eigenvalue weighted by atomic mass is 19.3. The number of hydrogen-bond donors (Lipinski definition) is 2. The molecule has 0 radical (unpaired) electrons. The van der Waals surface area contributed by atoms with Crippen LogP contribution in [-0.2, 0) is 4.74 Å². The first kappa shape index (κ1) is 15.3. The van der Waals surface area contributed by atoms with E-state index in [1.807, 2.05) is 6.92 Å². The van der Waals surface area contributed by atoms with E-state index in [-0.39, 0.29) is 30.6 Å². The number of aliphatic hydroxyl groups is 1. The minimum Gasteiger partial charge on any atom is -0.394 e. The molecule has 0 aliphatic carbocycles. The fourth-order valence-corrected chi connectivity index (χ4v) is 2.29. The number of halogens is 2. The van der Waals surface area contributed by atoms with Gasteiger partial charge in [0.1, 0.15) is 5.69 Å². The molecule has 1 fully saturated rings. The topological polar surface area (TPSA) is 54.4 Å². The maximum absolute atomic E-state index is 12.4. The lowest BCUT2D eigenvalue weighted by Crippen LogP contribution is -2.29. The number of aromatic nitrogens is 1. The molecule has 20 heavy (non-hydrogen) atoms. The van der Waals surface area contributed by atoms with Gasteiger partial charge in [-0.05, 0) is 31.4 Å². The number of hydrogen-bond acceptors (Lipinski definition) is 4. The van der Waals surface area contributed by atoms with Crippen molar-refractivity contribution in [2.24, 2.45) is 0 Å². The van der Waals surface area contributed by atoms with Gasteiger partial charge < -0.3 is 15.2 Å². The molecule has 0 aromatic carbocycles. The first-order chi connectivity index (χ1) is 9.60. The molecule has 1 saturated heterocycles. The largest absolute Gasteiger partial charge is 0.394 e. The van der Waals surface area contributed by atoms with Crippen LogP contribution >= 0.6 is 0 Å². The predicted octanol–water partition coefficient (Wildman–Crippen LogP) is 2.21. The Morgan fingerprint density at radius 3 is 2.70 bits per heavy atom. The average molecular weight is 286 g/mol. The second-order valence-corrected chi connectivity index (χ2v) is 5.09. The molecular formula is C14H20F2N2O2. The summed E-state index contributed by atoms with van der Waals surface area (Å²) in [5.41, 5.74) is 0.664. The zero-order chi connectivity index (χ0) is 14.5. The summed E-state index contributed by atoms with van der Waals surface area (Å²) in [6.45, 7) is 2.69. The number of rotatable bonds is 6. The van der Waals surface area contributed by atoms with Crippen LogP contribution in [0.3, 0.4) is 0 Å². The van der Waals surface area contributed by atoms with Gasteiger partial charge >= 0.3 is 0 Å². The fourth-order valence-electron chi connectivity index (χ4n) is 2.29. The molecule has 112 valence electrons. The van der Waals surface area contributed by atoms with Crippen molar-refractivity contribution in [2.45, 2.75) is 44.4 Å². The van der Waals surface area contributed by atoms with Crippen molar-refractivity contribution in [1.82, 2.24) is 10.3 Å². The van der Waals surface area contributed by atoms with Crippen molar-refractivity contribution in [1.29, 1.82) is 0 Å². The van der Waals surface area contributed by atoms with Gasteiger partial charge in [-0.25, -0.2) is 8.78 Å². The van der Waals surface area contributed by atoms with E-state index in [2.05, 4.69) is 10.3 Å². The van der Waals surface area contributed by atoms with Gasteiger partial charge in [0.05, 0.1) is 18.8 Å². The second kappa shape index (κ2) is 7.06. The van der Waals surface area contributed by atoms with E-state index < -0.39 is 6.43 Å². The number of aliphatic hydroxyl groups excluding tert-OH is 1. The van der Waals surface area contributed by atoms with E-state index in [1.165, 1.54) is 12.3 Å². The number of alkyl halides is 2. The zero-order valence-corrected chi connectivity index (χ0v) is 11.4. The highest BCUT2D eigenvalue weighted by Crippen LogP contribution is 2.21. The van der Waals surface area contributed by atoms with Crippen LogP contribution in [0, 0.1) is 0 Å². The minimum atomic E-state index is -2.53. The molecule has 1 aliphatic heterocycles. The number of nitrogens with one attached hydrogen (secondary N) is 1. The molecule has 2 rings (SSSR count). The summed E-state index contributed by atoms with van der Waals surface area (Å²) in [6.07, 6.45) is 0.794. The van der Waals surface area contributed by atoms with E-state index in [1.54, 1.807) is 6.07 Å². The van der Waals surface area contributed by atoms with Gasteiger partial charge in [0.25, 0.3) is 6.43 Å².